The zero-order chi connectivity index (χ0) is 14.0. The molecule has 3 heterocycles. The van der Waals surface area contributed by atoms with Crippen molar-refractivity contribution in [2.45, 2.75) is 38.2 Å². The number of hydrogen-bond donors (Lipinski definition) is 0. The van der Waals surface area contributed by atoms with E-state index in [2.05, 4.69) is 4.98 Å². The molecule has 4 heteroatoms. The molecular weight excluding hydrogens is 254 g/mol. The second-order valence-electron chi connectivity index (χ2n) is 5.86. The van der Waals surface area contributed by atoms with E-state index >= 15 is 0 Å². The van der Waals surface area contributed by atoms with Crippen LogP contribution in [0.25, 0.3) is 0 Å². The van der Waals surface area contributed by atoms with Gasteiger partial charge in [0.1, 0.15) is 5.69 Å². The second kappa shape index (κ2) is 5.62. The maximum absolute atomic E-state index is 12.6. The first kappa shape index (κ1) is 13.7. The Kier molecular flexibility index (Phi) is 3.85. The van der Waals surface area contributed by atoms with Crippen LogP contribution in [0, 0.1) is 12.8 Å². The Bertz CT molecular complexity index is 489. The zero-order valence-corrected chi connectivity index (χ0v) is 11.9. The van der Waals surface area contributed by atoms with Gasteiger partial charge in [-0.2, -0.15) is 0 Å². The molecule has 1 unspecified atom stereocenters. The molecule has 2 aliphatic rings. The molecule has 0 radical (unpaired) electrons. The maximum atomic E-state index is 12.6. The number of ketones is 1. The van der Waals surface area contributed by atoms with Crippen LogP contribution in [0.4, 0.5) is 0 Å². The van der Waals surface area contributed by atoms with Gasteiger partial charge in [0.05, 0.1) is 5.60 Å². The molecule has 1 spiro atoms. The van der Waals surface area contributed by atoms with Crippen LogP contribution in [0.3, 0.4) is 0 Å². The van der Waals surface area contributed by atoms with E-state index in [1.54, 1.807) is 0 Å². The normalized spacial score (nSPS) is 25.6. The summed E-state index contributed by atoms with van der Waals surface area (Å²) in [5.74, 6) is 0.207. The fourth-order valence-corrected chi connectivity index (χ4v) is 3.23. The number of carbonyl (C=O) groups is 1. The van der Waals surface area contributed by atoms with Gasteiger partial charge in [0, 0.05) is 31.4 Å². The summed E-state index contributed by atoms with van der Waals surface area (Å²) in [5.41, 5.74) is 1.35. The summed E-state index contributed by atoms with van der Waals surface area (Å²) in [6.07, 6.45) is 3.41. The van der Waals surface area contributed by atoms with Crippen LogP contribution < -0.4 is 0 Å². The van der Waals surface area contributed by atoms with Gasteiger partial charge in [0.25, 0.3) is 0 Å². The van der Waals surface area contributed by atoms with E-state index in [1.807, 2.05) is 25.1 Å². The van der Waals surface area contributed by atoms with Crippen LogP contribution in [-0.4, -0.2) is 36.2 Å². The molecule has 2 saturated heterocycles. The van der Waals surface area contributed by atoms with Gasteiger partial charge >= 0.3 is 0 Å². The summed E-state index contributed by atoms with van der Waals surface area (Å²) < 4.78 is 11.4. The molecule has 4 nitrogen and oxygen atoms in total. The van der Waals surface area contributed by atoms with Crippen LogP contribution in [0.1, 0.15) is 41.9 Å². The molecule has 2 aliphatic heterocycles. The average molecular weight is 275 g/mol. The smallest absolute Gasteiger partial charge is 0.184 e. The quantitative estimate of drug-likeness (QED) is 0.778. The summed E-state index contributed by atoms with van der Waals surface area (Å²) >= 11 is 0. The van der Waals surface area contributed by atoms with Crippen molar-refractivity contribution >= 4 is 5.78 Å². The monoisotopic (exact) mass is 275 g/mol. The number of pyridine rings is 1. The van der Waals surface area contributed by atoms with Gasteiger partial charge in [0.2, 0.25) is 0 Å². The molecule has 0 N–H and O–H groups in total. The molecule has 0 amide bonds. The lowest BCUT2D eigenvalue weighted by molar-refractivity contribution is -0.142. The van der Waals surface area contributed by atoms with Crippen LogP contribution >= 0.6 is 0 Å². The number of rotatable bonds is 2. The van der Waals surface area contributed by atoms with Crippen molar-refractivity contribution in [2.24, 2.45) is 5.92 Å². The average Bonchev–Trinajstić information content (AvgIpc) is 2.47. The second-order valence-corrected chi connectivity index (χ2v) is 5.86. The van der Waals surface area contributed by atoms with Gasteiger partial charge in [-0.3, -0.25) is 9.78 Å². The predicted molar refractivity (Wildman–Crippen MR) is 74.8 cm³/mol. The van der Waals surface area contributed by atoms with Crippen molar-refractivity contribution in [3.05, 3.63) is 29.6 Å². The van der Waals surface area contributed by atoms with Gasteiger partial charge in [-0.25, -0.2) is 0 Å². The highest BCUT2D eigenvalue weighted by molar-refractivity contribution is 5.96. The van der Waals surface area contributed by atoms with E-state index in [0.717, 1.165) is 44.6 Å². The van der Waals surface area contributed by atoms with E-state index in [4.69, 9.17) is 9.47 Å². The van der Waals surface area contributed by atoms with E-state index in [1.165, 1.54) is 0 Å². The number of aryl methyl sites for hydroxylation is 1. The van der Waals surface area contributed by atoms with Crippen LogP contribution in [0.2, 0.25) is 0 Å². The standard InChI is InChI=1S/C16H21NO3/c1-12-3-2-4-14(17-12)15(18)13-5-8-20-16(11-13)6-9-19-10-7-16/h2-4,13H,5-11H2,1H3. The first-order chi connectivity index (χ1) is 9.69. The summed E-state index contributed by atoms with van der Waals surface area (Å²) in [6.45, 7) is 4.07. The lowest BCUT2D eigenvalue weighted by Gasteiger charge is -2.42. The minimum absolute atomic E-state index is 0.0381. The maximum Gasteiger partial charge on any atom is 0.184 e. The van der Waals surface area contributed by atoms with Gasteiger partial charge in [-0.1, -0.05) is 6.07 Å². The van der Waals surface area contributed by atoms with Crippen LogP contribution in [0.15, 0.2) is 18.2 Å². The Hall–Kier alpha value is -1.26. The third-order valence-corrected chi connectivity index (χ3v) is 4.41. The predicted octanol–water partition coefficient (Wildman–Crippen LogP) is 2.55. The molecule has 0 saturated carbocycles. The Morgan fingerprint density at radius 2 is 2.10 bits per heavy atom. The fourth-order valence-electron chi connectivity index (χ4n) is 3.23. The third kappa shape index (κ3) is 2.76. The molecule has 1 aromatic rings. The molecule has 108 valence electrons. The van der Waals surface area contributed by atoms with Crippen molar-refractivity contribution in [3.63, 3.8) is 0 Å². The van der Waals surface area contributed by atoms with Crippen molar-refractivity contribution in [1.29, 1.82) is 0 Å². The Labute approximate surface area is 119 Å². The van der Waals surface area contributed by atoms with Gasteiger partial charge in [-0.05, 0) is 44.7 Å². The molecular formula is C16H21NO3. The van der Waals surface area contributed by atoms with Gasteiger partial charge < -0.3 is 9.47 Å². The molecule has 0 aromatic carbocycles. The molecule has 0 aliphatic carbocycles. The minimum atomic E-state index is -0.138. The first-order valence-corrected chi connectivity index (χ1v) is 7.38. The van der Waals surface area contributed by atoms with E-state index < -0.39 is 0 Å². The molecule has 1 atom stereocenters. The lowest BCUT2D eigenvalue weighted by atomic mass is 9.78. The molecule has 1 aromatic heterocycles. The highest BCUT2D eigenvalue weighted by atomic mass is 16.5. The van der Waals surface area contributed by atoms with E-state index in [-0.39, 0.29) is 17.3 Å². The lowest BCUT2D eigenvalue weighted by Crippen LogP contribution is -2.46. The first-order valence-electron chi connectivity index (χ1n) is 7.38. The molecule has 3 rings (SSSR count). The number of aromatic nitrogens is 1. The van der Waals surface area contributed by atoms with Crippen LogP contribution in [-0.2, 0) is 9.47 Å². The number of hydrogen-bond acceptors (Lipinski definition) is 4. The highest BCUT2D eigenvalue weighted by Crippen LogP contribution is 2.38. The fraction of sp³-hybridized carbons (Fsp3) is 0.625. The Balaban J connectivity index is 1.74. The van der Waals surface area contributed by atoms with Crippen molar-refractivity contribution in [1.82, 2.24) is 4.98 Å². The van der Waals surface area contributed by atoms with Crippen molar-refractivity contribution in [3.8, 4) is 0 Å². The summed E-state index contributed by atoms with van der Waals surface area (Å²) in [5, 5.41) is 0. The minimum Gasteiger partial charge on any atom is -0.381 e. The molecule has 2 fully saturated rings. The van der Waals surface area contributed by atoms with Gasteiger partial charge in [0.15, 0.2) is 5.78 Å². The Morgan fingerprint density at radius 3 is 2.85 bits per heavy atom. The number of Topliss-reactive ketones (excluding diaryl/α,β-unsaturated/α-hetero) is 1. The van der Waals surface area contributed by atoms with Crippen molar-refractivity contribution in [2.75, 3.05) is 19.8 Å². The molecule has 0 bridgehead atoms. The number of ether oxygens (including phenoxy) is 2. The largest absolute Gasteiger partial charge is 0.381 e. The third-order valence-electron chi connectivity index (χ3n) is 4.41. The van der Waals surface area contributed by atoms with Gasteiger partial charge in [-0.15, -0.1) is 0 Å². The summed E-state index contributed by atoms with van der Waals surface area (Å²) in [6, 6.07) is 5.64. The Morgan fingerprint density at radius 1 is 1.30 bits per heavy atom. The molecule has 20 heavy (non-hydrogen) atoms. The summed E-state index contributed by atoms with van der Waals surface area (Å²) in [7, 11) is 0. The topological polar surface area (TPSA) is 48.4 Å². The zero-order valence-electron chi connectivity index (χ0n) is 11.9. The van der Waals surface area contributed by atoms with Crippen LogP contribution in [0.5, 0.6) is 0 Å². The highest BCUT2D eigenvalue weighted by Gasteiger charge is 2.41. The number of nitrogens with zero attached hydrogens (tertiary/aromatic N) is 1. The van der Waals surface area contributed by atoms with E-state index in [9.17, 15) is 4.79 Å². The number of carbonyl (C=O) groups excluding carboxylic acids is 1. The summed E-state index contributed by atoms with van der Waals surface area (Å²) in [4.78, 5) is 17.0. The SMILES string of the molecule is Cc1cccc(C(=O)C2CCOC3(CCOCC3)C2)n1. The van der Waals surface area contributed by atoms with Crippen molar-refractivity contribution < 1.29 is 14.3 Å². The van der Waals surface area contributed by atoms with E-state index in [0.29, 0.717) is 12.3 Å².